The smallest absolute Gasteiger partial charge is 0.296 e. The molecule has 0 bridgehead atoms. The van der Waals surface area contributed by atoms with Crippen molar-refractivity contribution in [2.75, 3.05) is 13.2 Å². The maximum Gasteiger partial charge on any atom is 0.296 e. The zero-order valence-corrected chi connectivity index (χ0v) is 21.2. The number of imidazole rings is 1. The van der Waals surface area contributed by atoms with E-state index in [0.29, 0.717) is 34.5 Å². The van der Waals surface area contributed by atoms with Gasteiger partial charge in [0.1, 0.15) is 18.3 Å². The minimum Gasteiger partial charge on any atom is -0.456 e. The molecule has 192 valence electrons. The van der Waals surface area contributed by atoms with E-state index in [4.69, 9.17) is 30.8 Å². The highest BCUT2D eigenvalue weighted by Crippen LogP contribution is 2.33. The Morgan fingerprint density at radius 3 is 2.32 bits per heavy atom. The molecule has 10 heteroatoms. The largest absolute Gasteiger partial charge is 0.456 e. The minimum atomic E-state index is -0.634. The van der Waals surface area contributed by atoms with Crippen molar-refractivity contribution in [3.05, 3.63) is 71.9 Å². The Bertz CT molecular complexity index is 1620. The number of ether oxygens (including phenoxy) is 3. The number of aliphatic hydroxyl groups excluding tert-OH is 1. The number of aromatic nitrogens is 5. The van der Waals surface area contributed by atoms with Crippen molar-refractivity contribution < 1.29 is 19.3 Å². The summed E-state index contributed by atoms with van der Waals surface area (Å²) in [5.74, 6) is 0. The second kappa shape index (κ2) is 9.21. The summed E-state index contributed by atoms with van der Waals surface area (Å²) in [7, 11) is 1.94. The van der Waals surface area contributed by atoms with Gasteiger partial charge < -0.3 is 24.3 Å². The van der Waals surface area contributed by atoms with E-state index in [9.17, 15) is 5.11 Å². The Kier molecular flexibility index (Phi) is 5.66. The van der Waals surface area contributed by atoms with E-state index < -0.39 is 6.10 Å². The first-order valence-electron chi connectivity index (χ1n) is 12.4. The molecule has 2 aliphatic rings. The molecule has 0 radical (unpaired) electrons. The summed E-state index contributed by atoms with van der Waals surface area (Å²) in [5.41, 5.74) is 7.09. The Hall–Kier alpha value is -3.76. The summed E-state index contributed by atoms with van der Waals surface area (Å²) in [6, 6.07) is 20.7. The number of hydrogen-bond acceptors (Lipinski definition) is 7. The summed E-state index contributed by atoms with van der Waals surface area (Å²) in [6.45, 7) is 0.562. The molecule has 2 fully saturated rings. The SMILES string of the molecule is Cn1nccc1-c1ccc(-c2ccc(-c3nc4nc(O[C@@H]5CO[C@H]6C5OC[C@H]6O)[nH]c4cc3Cl)cc2)cc1. The number of halogens is 1. The molecule has 0 saturated carbocycles. The topological polar surface area (TPSA) is 107 Å². The molecule has 3 aromatic heterocycles. The third-order valence-corrected chi connectivity index (χ3v) is 7.43. The number of fused-ring (bicyclic) bond motifs is 2. The molecule has 5 heterocycles. The monoisotopic (exact) mass is 529 g/mol. The van der Waals surface area contributed by atoms with Gasteiger partial charge in [-0.2, -0.15) is 10.1 Å². The van der Waals surface area contributed by atoms with Crippen LogP contribution in [0.3, 0.4) is 0 Å². The Labute approximate surface area is 223 Å². The lowest BCUT2D eigenvalue weighted by Crippen LogP contribution is -2.34. The van der Waals surface area contributed by atoms with Crippen molar-refractivity contribution in [3.63, 3.8) is 0 Å². The average molecular weight is 530 g/mol. The van der Waals surface area contributed by atoms with Crippen LogP contribution in [-0.2, 0) is 16.5 Å². The van der Waals surface area contributed by atoms with Crippen LogP contribution in [0.5, 0.6) is 6.01 Å². The predicted molar refractivity (Wildman–Crippen MR) is 142 cm³/mol. The maximum atomic E-state index is 9.95. The van der Waals surface area contributed by atoms with Gasteiger partial charge in [0.25, 0.3) is 6.01 Å². The fourth-order valence-electron chi connectivity index (χ4n) is 5.15. The lowest BCUT2D eigenvalue weighted by Gasteiger charge is -2.15. The van der Waals surface area contributed by atoms with E-state index in [2.05, 4.69) is 51.5 Å². The van der Waals surface area contributed by atoms with Crippen LogP contribution in [0.2, 0.25) is 5.02 Å². The molecule has 0 amide bonds. The number of hydrogen-bond donors (Lipinski definition) is 2. The molecular formula is C28H24ClN5O4. The van der Waals surface area contributed by atoms with Crippen molar-refractivity contribution in [1.82, 2.24) is 24.7 Å². The number of aliphatic hydroxyl groups is 1. The Morgan fingerprint density at radius 2 is 1.61 bits per heavy atom. The molecule has 2 aliphatic heterocycles. The number of H-pyrrole nitrogens is 1. The quantitative estimate of drug-likeness (QED) is 0.350. The molecule has 9 nitrogen and oxygen atoms in total. The standard InChI is InChI=1S/C28H24ClN5O4/c1-34-21(10-11-30-34)17-6-2-15(3-7-17)16-4-8-18(9-5-16)24-19(29)12-20-27(32-24)33-28(31-20)38-23-14-37-25-22(35)13-36-26(23)25/h2-12,22-23,25-26,35H,13-14H2,1H3,(H,31,32,33)/t22-,23-,25-,26?/m1/s1. The van der Waals surface area contributed by atoms with Crippen LogP contribution in [0, 0.1) is 0 Å². The van der Waals surface area contributed by atoms with E-state index in [0.717, 1.165) is 27.9 Å². The van der Waals surface area contributed by atoms with E-state index in [1.165, 1.54) is 0 Å². The number of aromatic amines is 1. The number of aryl methyl sites for hydroxylation is 1. The average Bonchev–Trinajstić information content (AvgIpc) is 3.71. The minimum absolute atomic E-state index is 0.241. The van der Waals surface area contributed by atoms with Crippen LogP contribution in [0.15, 0.2) is 66.9 Å². The third-order valence-electron chi connectivity index (χ3n) is 7.14. The first-order chi connectivity index (χ1) is 18.5. The molecule has 4 atom stereocenters. The van der Waals surface area contributed by atoms with Gasteiger partial charge in [0.15, 0.2) is 11.8 Å². The lowest BCUT2D eigenvalue weighted by atomic mass is 10.0. The summed E-state index contributed by atoms with van der Waals surface area (Å²) >= 11 is 6.62. The van der Waals surface area contributed by atoms with Crippen LogP contribution in [-0.4, -0.2) is 67.5 Å². The number of nitrogens with zero attached hydrogens (tertiary/aromatic N) is 4. The zero-order chi connectivity index (χ0) is 25.8. The van der Waals surface area contributed by atoms with Gasteiger partial charge in [0.2, 0.25) is 0 Å². The van der Waals surface area contributed by atoms with E-state index >= 15 is 0 Å². The van der Waals surface area contributed by atoms with Crippen LogP contribution >= 0.6 is 11.6 Å². The van der Waals surface area contributed by atoms with Gasteiger partial charge in [0.05, 0.1) is 35.1 Å². The van der Waals surface area contributed by atoms with Crippen molar-refractivity contribution >= 4 is 22.8 Å². The van der Waals surface area contributed by atoms with Crippen molar-refractivity contribution in [2.45, 2.75) is 24.4 Å². The predicted octanol–water partition coefficient (Wildman–Crippen LogP) is 4.25. The van der Waals surface area contributed by atoms with Crippen LogP contribution in [0.25, 0.3) is 44.8 Å². The fourth-order valence-corrected chi connectivity index (χ4v) is 5.41. The molecule has 7 rings (SSSR count). The summed E-state index contributed by atoms with van der Waals surface area (Å²) in [4.78, 5) is 12.3. The number of rotatable bonds is 5. The number of benzene rings is 2. The molecule has 2 N–H and O–H groups in total. The van der Waals surface area contributed by atoms with Crippen molar-refractivity contribution in [1.29, 1.82) is 0 Å². The summed E-state index contributed by atoms with van der Waals surface area (Å²) < 4.78 is 19.1. The van der Waals surface area contributed by atoms with Gasteiger partial charge in [-0.05, 0) is 28.8 Å². The third kappa shape index (κ3) is 4.04. The molecule has 38 heavy (non-hydrogen) atoms. The Morgan fingerprint density at radius 1 is 0.921 bits per heavy atom. The number of nitrogens with one attached hydrogen (secondary N) is 1. The molecule has 0 spiro atoms. The van der Waals surface area contributed by atoms with Crippen molar-refractivity contribution in [2.24, 2.45) is 7.05 Å². The second-order valence-corrected chi connectivity index (χ2v) is 9.95. The number of pyridine rings is 1. The first kappa shape index (κ1) is 23.4. The Balaban J connectivity index is 1.11. The van der Waals surface area contributed by atoms with Gasteiger partial charge in [0, 0.05) is 18.8 Å². The van der Waals surface area contributed by atoms with Gasteiger partial charge in [-0.1, -0.05) is 60.1 Å². The molecule has 1 unspecified atom stereocenters. The summed E-state index contributed by atoms with van der Waals surface area (Å²) in [5, 5.41) is 14.7. The fraction of sp³-hybridized carbons (Fsp3) is 0.250. The maximum absolute atomic E-state index is 9.95. The van der Waals surface area contributed by atoms with Crippen LogP contribution < -0.4 is 4.74 Å². The van der Waals surface area contributed by atoms with Crippen molar-refractivity contribution in [3.8, 4) is 39.7 Å². The van der Waals surface area contributed by atoms with Gasteiger partial charge in [-0.3, -0.25) is 4.68 Å². The van der Waals surface area contributed by atoms with E-state index in [1.54, 1.807) is 12.3 Å². The molecule has 2 saturated heterocycles. The van der Waals surface area contributed by atoms with Gasteiger partial charge >= 0.3 is 0 Å². The van der Waals surface area contributed by atoms with Gasteiger partial charge in [-0.25, -0.2) is 4.98 Å². The first-order valence-corrected chi connectivity index (χ1v) is 12.7. The van der Waals surface area contributed by atoms with Gasteiger partial charge in [-0.15, -0.1) is 0 Å². The second-order valence-electron chi connectivity index (χ2n) is 9.55. The molecular weight excluding hydrogens is 506 g/mol. The van der Waals surface area contributed by atoms with Crippen LogP contribution in [0.4, 0.5) is 0 Å². The lowest BCUT2D eigenvalue weighted by molar-refractivity contribution is 0.00706. The zero-order valence-electron chi connectivity index (χ0n) is 20.4. The molecule has 0 aliphatic carbocycles. The highest BCUT2D eigenvalue weighted by atomic mass is 35.5. The van der Waals surface area contributed by atoms with Crippen LogP contribution in [0.1, 0.15) is 0 Å². The highest BCUT2D eigenvalue weighted by Gasteiger charge is 2.48. The van der Waals surface area contributed by atoms with E-state index in [-0.39, 0.29) is 24.9 Å². The van der Waals surface area contributed by atoms with E-state index in [1.807, 2.05) is 29.9 Å². The summed E-state index contributed by atoms with van der Waals surface area (Å²) in [6.07, 6.45) is 0.106. The highest BCUT2D eigenvalue weighted by molar-refractivity contribution is 6.33. The normalized spacial score (nSPS) is 22.7. The molecule has 2 aromatic carbocycles. The molecule has 5 aromatic rings.